The summed E-state index contributed by atoms with van der Waals surface area (Å²) in [6, 6.07) is 13.2. The first-order valence-electron chi connectivity index (χ1n) is 11.3. The van der Waals surface area contributed by atoms with E-state index in [1.807, 2.05) is 26.0 Å². The zero-order valence-electron chi connectivity index (χ0n) is 18.9. The van der Waals surface area contributed by atoms with E-state index in [4.69, 9.17) is 5.73 Å². The molecule has 0 heterocycles. The van der Waals surface area contributed by atoms with E-state index in [2.05, 4.69) is 23.5 Å². The Morgan fingerprint density at radius 1 is 1.12 bits per heavy atom. The minimum Gasteiger partial charge on any atom is -0.390 e. The molecule has 0 amide bonds. The van der Waals surface area contributed by atoms with Gasteiger partial charge in [-0.2, -0.15) is 5.26 Å². The largest absolute Gasteiger partial charge is 0.390 e. The fourth-order valence-electron chi connectivity index (χ4n) is 4.58. The van der Waals surface area contributed by atoms with E-state index in [0.717, 1.165) is 42.9 Å². The summed E-state index contributed by atoms with van der Waals surface area (Å²) in [5.41, 5.74) is 7.79. The number of nitrogens with zero attached hydrogens (tertiary/aromatic N) is 1. The zero-order valence-corrected chi connectivity index (χ0v) is 18.9. The van der Waals surface area contributed by atoms with Gasteiger partial charge in [-0.15, -0.1) is 0 Å². The molecule has 0 bridgehead atoms. The summed E-state index contributed by atoms with van der Waals surface area (Å²) in [5.74, 6) is -1.30. The number of aliphatic hydroxyl groups excluding tert-OH is 1. The van der Waals surface area contributed by atoms with Crippen LogP contribution in [0, 0.1) is 23.0 Å². The van der Waals surface area contributed by atoms with Crippen LogP contribution in [-0.2, 0) is 17.4 Å². The number of hydrogen-bond acceptors (Lipinski definition) is 4. The molecule has 0 aliphatic heterocycles. The minimum absolute atomic E-state index is 0.177. The van der Waals surface area contributed by atoms with Gasteiger partial charge in [-0.1, -0.05) is 43.5 Å². The predicted molar refractivity (Wildman–Crippen MR) is 122 cm³/mol. The topological polar surface area (TPSA) is 82.1 Å². The summed E-state index contributed by atoms with van der Waals surface area (Å²) < 4.78 is 26.9. The number of benzene rings is 2. The van der Waals surface area contributed by atoms with Gasteiger partial charge in [-0.05, 0) is 61.9 Å². The number of aliphatic hydroxyl groups is 1. The third-order valence-corrected chi connectivity index (χ3v) is 6.66. The summed E-state index contributed by atoms with van der Waals surface area (Å²) >= 11 is 0. The van der Waals surface area contributed by atoms with E-state index in [-0.39, 0.29) is 18.5 Å². The van der Waals surface area contributed by atoms with E-state index >= 15 is 0 Å². The molecule has 0 unspecified atom stereocenters. The Labute approximate surface area is 189 Å². The Hall–Kier alpha value is -2.33. The second-order valence-electron chi connectivity index (χ2n) is 9.55. The Morgan fingerprint density at radius 3 is 2.41 bits per heavy atom. The van der Waals surface area contributed by atoms with Gasteiger partial charge in [0, 0.05) is 24.2 Å². The van der Waals surface area contributed by atoms with Gasteiger partial charge in [0.2, 0.25) is 0 Å². The highest BCUT2D eigenvalue weighted by molar-refractivity contribution is 5.37. The van der Waals surface area contributed by atoms with Gasteiger partial charge < -0.3 is 16.2 Å². The van der Waals surface area contributed by atoms with Crippen LogP contribution in [-0.4, -0.2) is 23.8 Å². The van der Waals surface area contributed by atoms with Gasteiger partial charge in [0.05, 0.1) is 17.6 Å². The number of nitrogens with two attached hydrogens (primary N) is 1. The third kappa shape index (κ3) is 5.72. The van der Waals surface area contributed by atoms with Crippen LogP contribution in [0.2, 0.25) is 0 Å². The van der Waals surface area contributed by atoms with Crippen molar-refractivity contribution in [3.05, 3.63) is 70.8 Å². The molecule has 2 aromatic carbocycles. The lowest BCUT2D eigenvalue weighted by molar-refractivity contribution is 0.116. The highest BCUT2D eigenvalue weighted by Gasteiger charge is 2.35. The van der Waals surface area contributed by atoms with Crippen molar-refractivity contribution in [1.29, 1.82) is 5.26 Å². The van der Waals surface area contributed by atoms with Crippen molar-refractivity contribution in [1.82, 2.24) is 5.32 Å². The second kappa shape index (κ2) is 10.1. The molecule has 1 saturated carbocycles. The van der Waals surface area contributed by atoms with Crippen molar-refractivity contribution in [3.63, 3.8) is 0 Å². The van der Waals surface area contributed by atoms with E-state index < -0.39 is 29.2 Å². The molecule has 32 heavy (non-hydrogen) atoms. The Kier molecular flexibility index (Phi) is 7.66. The SMILES string of the molecule is CC(C)(C#N)c1cccc(C2(NC[C@@H](O)[C@@H](N)Cc3cc(F)cc(F)c3)CCCCC2)c1. The number of nitriles is 1. The summed E-state index contributed by atoms with van der Waals surface area (Å²) in [6.07, 6.45) is 4.48. The quantitative estimate of drug-likeness (QED) is 0.565. The highest BCUT2D eigenvalue weighted by atomic mass is 19.1. The maximum absolute atomic E-state index is 13.5. The fraction of sp³-hybridized carbons (Fsp3) is 0.500. The molecule has 4 N–H and O–H groups in total. The summed E-state index contributed by atoms with van der Waals surface area (Å²) in [7, 11) is 0. The van der Waals surface area contributed by atoms with Crippen LogP contribution in [0.5, 0.6) is 0 Å². The lowest BCUT2D eigenvalue weighted by Gasteiger charge is -2.40. The van der Waals surface area contributed by atoms with E-state index in [9.17, 15) is 19.1 Å². The van der Waals surface area contributed by atoms with Crippen LogP contribution in [0.4, 0.5) is 8.78 Å². The smallest absolute Gasteiger partial charge is 0.126 e. The predicted octanol–water partition coefficient (Wildman–Crippen LogP) is 4.45. The normalized spacial score (nSPS) is 18.0. The lowest BCUT2D eigenvalue weighted by atomic mass is 9.74. The molecule has 2 aromatic rings. The van der Waals surface area contributed by atoms with Crippen molar-refractivity contribution in [2.24, 2.45) is 5.73 Å². The molecule has 0 radical (unpaired) electrons. The first kappa shape index (κ1) is 24.3. The van der Waals surface area contributed by atoms with Crippen molar-refractivity contribution < 1.29 is 13.9 Å². The Morgan fingerprint density at radius 2 is 1.78 bits per heavy atom. The number of hydrogen-bond donors (Lipinski definition) is 3. The molecule has 0 spiro atoms. The van der Waals surface area contributed by atoms with Gasteiger partial charge in [-0.25, -0.2) is 8.78 Å². The molecule has 3 rings (SSSR count). The fourth-order valence-corrected chi connectivity index (χ4v) is 4.58. The number of rotatable bonds is 8. The van der Waals surface area contributed by atoms with Gasteiger partial charge in [0.25, 0.3) is 0 Å². The van der Waals surface area contributed by atoms with Crippen LogP contribution in [0.25, 0.3) is 0 Å². The lowest BCUT2D eigenvalue weighted by Crippen LogP contribution is -2.51. The maximum atomic E-state index is 13.5. The van der Waals surface area contributed by atoms with Crippen molar-refractivity contribution in [2.45, 2.75) is 75.5 Å². The monoisotopic (exact) mass is 441 g/mol. The first-order valence-corrected chi connectivity index (χ1v) is 11.3. The summed E-state index contributed by atoms with van der Waals surface area (Å²) in [5, 5.41) is 23.8. The molecule has 6 heteroatoms. The average Bonchev–Trinajstić information content (AvgIpc) is 2.77. The van der Waals surface area contributed by atoms with Crippen LogP contribution >= 0.6 is 0 Å². The molecular weight excluding hydrogens is 408 g/mol. The zero-order chi connectivity index (χ0) is 23.4. The van der Waals surface area contributed by atoms with Gasteiger partial charge >= 0.3 is 0 Å². The molecule has 1 aliphatic rings. The molecule has 2 atom stereocenters. The second-order valence-corrected chi connectivity index (χ2v) is 9.55. The maximum Gasteiger partial charge on any atom is 0.126 e. The van der Waals surface area contributed by atoms with E-state index in [0.29, 0.717) is 5.56 Å². The highest BCUT2D eigenvalue weighted by Crippen LogP contribution is 2.38. The number of nitrogens with one attached hydrogen (secondary N) is 1. The molecular formula is C26H33F2N3O. The first-order chi connectivity index (χ1) is 15.1. The van der Waals surface area contributed by atoms with Crippen molar-refractivity contribution in [3.8, 4) is 6.07 Å². The van der Waals surface area contributed by atoms with Crippen LogP contribution < -0.4 is 11.1 Å². The summed E-state index contributed by atoms with van der Waals surface area (Å²) in [4.78, 5) is 0. The van der Waals surface area contributed by atoms with Crippen LogP contribution in [0.15, 0.2) is 42.5 Å². The van der Waals surface area contributed by atoms with Crippen molar-refractivity contribution >= 4 is 0 Å². The standard InChI is InChI=1S/C26H33F2N3O/c1-25(2,17-29)19-7-6-8-20(14-19)26(9-4-3-5-10-26)31-16-24(32)23(30)13-18-11-21(27)15-22(28)12-18/h6-8,11-12,14-15,23-24,31-32H,3-5,9-10,13,16,30H2,1-2H3/t23-,24+/m0/s1. The molecule has 1 aliphatic carbocycles. The third-order valence-electron chi connectivity index (χ3n) is 6.66. The van der Waals surface area contributed by atoms with Crippen molar-refractivity contribution in [2.75, 3.05) is 6.54 Å². The average molecular weight is 442 g/mol. The molecule has 1 fully saturated rings. The van der Waals surface area contributed by atoms with Crippen LogP contribution in [0.1, 0.15) is 62.6 Å². The molecule has 0 aromatic heterocycles. The van der Waals surface area contributed by atoms with Gasteiger partial charge in [-0.3, -0.25) is 0 Å². The van der Waals surface area contributed by atoms with E-state index in [1.54, 1.807) is 0 Å². The molecule has 0 saturated heterocycles. The van der Waals surface area contributed by atoms with Gasteiger partial charge in [0.1, 0.15) is 11.6 Å². The molecule has 172 valence electrons. The summed E-state index contributed by atoms with van der Waals surface area (Å²) in [6.45, 7) is 4.08. The minimum atomic E-state index is -0.876. The van der Waals surface area contributed by atoms with Crippen LogP contribution in [0.3, 0.4) is 0 Å². The number of halogens is 2. The van der Waals surface area contributed by atoms with Gasteiger partial charge in [0.15, 0.2) is 0 Å². The molecule has 4 nitrogen and oxygen atoms in total. The Bertz CT molecular complexity index is 944. The van der Waals surface area contributed by atoms with E-state index in [1.165, 1.54) is 18.6 Å². The Balaban J connectivity index is 1.75.